The van der Waals surface area contributed by atoms with Gasteiger partial charge < -0.3 is 9.80 Å². The second kappa shape index (κ2) is 5.67. The van der Waals surface area contributed by atoms with Crippen LogP contribution in [0.3, 0.4) is 0 Å². The van der Waals surface area contributed by atoms with Crippen LogP contribution in [0.25, 0.3) is 0 Å². The van der Waals surface area contributed by atoms with Crippen LogP contribution in [0.15, 0.2) is 83.3 Å². The molecule has 0 amide bonds. The zero-order chi connectivity index (χ0) is 16.7. The van der Waals surface area contributed by atoms with Gasteiger partial charge in [-0.25, -0.2) is 0 Å². The van der Waals surface area contributed by atoms with Gasteiger partial charge in [0.2, 0.25) is 0 Å². The standard InChI is InChI=1S/C21H19BrN2/c1-21(2)23(17-9-5-3-6-10-17)19-14-13-16(22)15-20(19)24(21)18-11-7-4-8-12-18/h3-15H,1-2H3. The van der Waals surface area contributed by atoms with Crippen LogP contribution in [0.2, 0.25) is 0 Å². The van der Waals surface area contributed by atoms with E-state index in [1.807, 2.05) is 0 Å². The zero-order valence-corrected chi connectivity index (χ0v) is 15.4. The third-order valence-electron chi connectivity index (χ3n) is 4.54. The zero-order valence-electron chi connectivity index (χ0n) is 13.8. The molecule has 0 atom stereocenters. The molecule has 0 radical (unpaired) electrons. The van der Waals surface area contributed by atoms with Crippen molar-refractivity contribution in [2.45, 2.75) is 19.5 Å². The Labute approximate surface area is 151 Å². The summed E-state index contributed by atoms with van der Waals surface area (Å²) in [5, 5.41) is 0. The molecule has 3 aromatic rings. The Kier molecular flexibility index (Phi) is 3.61. The number of anilines is 4. The highest BCUT2D eigenvalue weighted by Crippen LogP contribution is 2.52. The monoisotopic (exact) mass is 378 g/mol. The molecular formula is C21H19BrN2. The lowest BCUT2D eigenvalue weighted by Crippen LogP contribution is -2.48. The summed E-state index contributed by atoms with van der Waals surface area (Å²) in [6.07, 6.45) is 0. The number of fused-ring (bicyclic) bond motifs is 1. The molecule has 120 valence electrons. The predicted molar refractivity (Wildman–Crippen MR) is 105 cm³/mol. The first-order chi connectivity index (χ1) is 11.6. The summed E-state index contributed by atoms with van der Waals surface area (Å²) < 4.78 is 1.09. The van der Waals surface area contributed by atoms with Crippen LogP contribution in [-0.2, 0) is 0 Å². The van der Waals surface area contributed by atoms with E-state index >= 15 is 0 Å². The lowest BCUT2D eigenvalue weighted by molar-refractivity contribution is 0.540. The highest BCUT2D eigenvalue weighted by Gasteiger charge is 2.44. The van der Waals surface area contributed by atoms with Gasteiger partial charge in [0.05, 0.1) is 11.4 Å². The molecule has 4 rings (SSSR count). The molecule has 0 aliphatic carbocycles. The number of halogens is 1. The second-order valence-electron chi connectivity index (χ2n) is 6.47. The Morgan fingerprint density at radius 1 is 0.667 bits per heavy atom. The fourth-order valence-corrected chi connectivity index (χ4v) is 3.97. The summed E-state index contributed by atoms with van der Waals surface area (Å²) in [7, 11) is 0. The van der Waals surface area contributed by atoms with E-state index in [0.717, 1.165) is 4.47 Å². The van der Waals surface area contributed by atoms with Crippen molar-refractivity contribution in [2.75, 3.05) is 9.80 Å². The molecule has 0 fully saturated rings. The van der Waals surface area contributed by atoms with Gasteiger partial charge in [-0.2, -0.15) is 0 Å². The number of para-hydroxylation sites is 2. The van der Waals surface area contributed by atoms with E-state index < -0.39 is 0 Å². The first-order valence-electron chi connectivity index (χ1n) is 8.09. The molecule has 0 unspecified atom stereocenters. The molecule has 0 aromatic heterocycles. The predicted octanol–water partition coefficient (Wildman–Crippen LogP) is 6.48. The molecule has 0 saturated heterocycles. The maximum Gasteiger partial charge on any atom is 0.116 e. The third kappa shape index (κ3) is 2.31. The van der Waals surface area contributed by atoms with E-state index in [9.17, 15) is 0 Å². The minimum absolute atomic E-state index is 0.216. The lowest BCUT2D eigenvalue weighted by atomic mass is 10.1. The Morgan fingerprint density at radius 2 is 1.17 bits per heavy atom. The molecular weight excluding hydrogens is 360 g/mol. The summed E-state index contributed by atoms with van der Waals surface area (Å²) in [4.78, 5) is 4.81. The maximum absolute atomic E-state index is 3.63. The molecule has 3 aromatic carbocycles. The molecule has 1 heterocycles. The quantitative estimate of drug-likeness (QED) is 0.503. The van der Waals surface area contributed by atoms with Crippen molar-refractivity contribution in [3.05, 3.63) is 83.3 Å². The van der Waals surface area contributed by atoms with Gasteiger partial charge in [0, 0.05) is 15.8 Å². The topological polar surface area (TPSA) is 6.48 Å². The normalized spacial score (nSPS) is 15.5. The highest BCUT2D eigenvalue weighted by molar-refractivity contribution is 9.10. The van der Waals surface area contributed by atoms with Crippen LogP contribution in [0, 0.1) is 0 Å². The SMILES string of the molecule is CC1(C)N(c2ccccc2)c2ccc(Br)cc2N1c1ccccc1. The van der Waals surface area contributed by atoms with E-state index in [4.69, 9.17) is 0 Å². The molecule has 0 N–H and O–H groups in total. The third-order valence-corrected chi connectivity index (χ3v) is 5.04. The lowest BCUT2D eigenvalue weighted by Gasteiger charge is -2.40. The van der Waals surface area contributed by atoms with E-state index in [2.05, 4.69) is 118 Å². The van der Waals surface area contributed by atoms with E-state index in [1.165, 1.54) is 22.7 Å². The van der Waals surface area contributed by atoms with Crippen molar-refractivity contribution in [3.8, 4) is 0 Å². The average Bonchev–Trinajstić information content (AvgIpc) is 2.82. The Balaban J connectivity index is 1.96. The molecule has 0 spiro atoms. The van der Waals surface area contributed by atoms with Crippen LogP contribution >= 0.6 is 15.9 Å². The molecule has 2 nitrogen and oxygen atoms in total. The fraction of sp³-hybridized carbons (Fsp3) is 0.143. The first-order valence-corrected chi connectivity index (χ1v) is 8.88. The molecule has 24 heavy (non-hydrogen) atoms. The molecule has 0 bridgehead atoms. The van der Waals surface area contributed by atoms with E-state index in [1.54, 1.807) is 0 Å². The van der Waals surface area contributed by atoms with Crippen molar-refractivity contribution < 1.29 is 0 Å². The number of hydrogen-bond donors (Lipinski definition) is 0. The Bertz CT molecular complexity index is 860. The minimum atomic E-state index is -0.216. The van der Waals surface area contributed by atoms with Crippen molar-refractivity contribution in [1.29, 1.82) is 0 Å². The van der Waals surface area contributed by atoms with Crippen molar-refractivity contribution in [2.24, 2.45) is 0 Å². The number of nitrogens with zero attached hydrogens (tertiary/aromatic N) is 2. The highest BCUT2D eigenvalue weighted by atomic mass is 79.9. The smallest absolute Gasteiger partial charge is 0.116 e. The van der Waals surface area contributed by atoms with Gasteiger partial charge in [-0.1, -0.05) is 52.3 Å². The van der Waals surface area contributed by atoms with E-state index in [-0.39, 0.29) is 5.66 Å². The molecule has 3 heteroatoms. The Hall–Kier alpha value is -2.26. The maximum atomic E-state index is 3.63. The van der Waals surface area contributed by atoms with Gasteiger partial charge in [-0.05, 0) is 56.3 Å². The van der Waals surface area contributed by atoms with Gasteiger partial charge in [0.25, 0.3) is 0 Å². The van der Waals surface area contributed by atoms with Crippen LogP contribution in [0.5, 0.6) is 0 Å². The van der Waals surface area contributed by atoms with Gasteiger partial charge in [0.15, 0.2) is 0 Å². The van der Waals surface area contributed by atoms with Gasteiger partial charge >= 0.3 is 0 Å². The van der Waals surface area contributed by atoms with Gasteiger partial charge in [-0.3, -0.25) is 0 Å². The molecule has 0 saturated carbocycles. The van der Waals surface area contributed by atoms with Crippen molar-refractivity contribution >= 4 is 38.7 Å². The fourth-order valence-electron chi connectivity index (χ4n) is 3.62. The average molecular weight is 379 g/mol. The Morgan fingerprint density at radius 3 is 1.71 bits per heavy atom. The summed E-state index contributed by atoms with van der Waals surface area (Å²) in [5.41, 5.74) is 4.61. The summed E-state index contributed by atoms with van der Waals surface area (Å²) >= 11 is 3.63. The van der Waals surface area contributed by atoms with Crippen LogP contribution in [0.1, 0.15) is 13.8 Å². The molecule has 1 aliphatic rings. The van der Waals surface area contributed by atoms with Crippen LogP contribution in [-0.4, -0.2) is 5.66 Å². The van der Waals surface area contributed by atoms with Crippen molar-refractivity contribution in [1.82, 2.24) is 0 Å². The second-order valence-corrected chi connectivity index (χ2v) is 7.39. The summed E-state index contributed by atoms with van der Waals surface area (Å²) in [6.45, 7) is 4.53. The molecule has 1 aliphatic heterocycles. The first kappa shape index (κ1) is 15.3. The summed E-state index contributed by atoms with van der Waals surface area (Å²) in [6, 6.07) is 27.7. The largest absolute Gasteiger partial charge is 0.316 e. The van der Waals surface area contributed by atoms with Gasteiger partial charge in [0.1, 0.15) is 5.66 Å². The van der Waals surface area contributed by atoms with E-state index in [0.29, 0.717) is 0 Å². The van der Waals surface area contributed by atoms with Crippen LogP contribution < -0.4 is 9.80 Å². The minimum Gasteiger partial charge on any atom is -0.316 e. The number of benzene rings is 3. The summed E-state index contributed by atoms with van der Waals surface area (Å²) in [5.74, 6) is 0. The van der Waals surface area contributed by atoms with Crippen LogP contribution in [0.4, 0.5) is 22.7 Å². The number of rotatable bonds is 2. The van der Waals surface area contributed by atoms with Crippen molar-refractivity contribution in [3.63, 3.8) is 0 Å². The van der Waals surface area contributed by atoms with Gasteiger partial charge in [-0.15, -0.1) is 0 Å². The number of hydrogen-bond acceptors (Lipinski definition) is 2.